The van der Waals surface area contributed by atoms with E-state index in [2.05, 4.69) is 29.2 Å². The predicted molar refractivity (Wildman–Crippen MR) is 123 cm³/mol. The Kier molecular flexibility index (Phi) is 4.28. The Bertz CT molecular complexity index is 1130. The third-order valence-corrected chi connectivity index (χ3v) is 8.20. The van der Waals surface area contributed by atoms with Crippen LogP contribution in [0.2, 0.25) is 0 Å². The highest BCUT2D eigenvalue weighted by atomic mass is 16.5. The lowest BCUT2D eigenvalue weighted by atomic mass is 9.61. The fraction of sp³-hybridized carbons (Fsp3) is 0.500. The zero-order valence-electron chi connectivity index (χ0n) is 18.8. The standard InChI is InChI=1S/C26H30N4O2/c1-16-11-19(15-28-14-16)17-3-4-18-13-25(9-7-21(32-2)8-10-25)26(22(18)12-17)23(31)30(20-5-6-20)24(27)29-26/h3-4,11-12,14-15,20-21H,5-10,13H2,1-2H3,(H2,27,29). The molecule has 4 aliphatic rings. The quantitative estimate of drug-likeness (QED) is 0.805. The number of nitrogens with zero attached hydrogens (tertiary/aromatic N) is 3. The second-order valence-corrected chi connectivity index (χ2v) is 10.1. The van der Waals surface area contributed by atoms with Crippen molar-refractivity contribution in [3.8, 4) is 11.1 Å². The van der Waals surface area contributed by atoms with Crippen LogP contribution in [0.4, 0.5) is 0 Å². The Morgan fingerprint density at radius 1 is 1.09 bits per heavy atom. The molecule has 1 aromatic carbocycles. The molecule has 6 nitrogen and oxygen atoms in total. The van der Waals surface area contributed by atoms with E-state index < -0.39 is 5.54 Å². The molecule has 2 N–H and O–H groups in total. The number of hydrogen-bond acceptors (Lipinski definition) is 5. The normalized spacial score (nSPS) is 31.4. The molecule has 2 aromatic rings. The number of nitrogens with two attached hydrogens (primary N) is 1. The van der Waals surface area contributed by atoms with Crippen LogP contribution < -0.4 is 5.73 Å². The van der Waals surface area contributed by atoms with Crippen molar-refractivity contribution in [2.45, 2.75) is 69.6 Å². The van der Waals surface area contributed by atoms with Crippen LogP contribution in [0.3, 0.4) is 0 Å². The van der Waals surface area contributed by atoms with E-state index in [0.29, 0.717) is 5.96 Å². The Balaban J connectivity index is 1.51. The molecule has 3 aliphatic carbocycles. The van der Waals surface area contributed by atoms with Gasteiger partial charge in [0.1, 0.15) is 0 Å². The Morgan fingerprint density at radius 3 is 2.56 bits per heavy atom. The van der Waals surface area contributed by atoms with E-state index >= 15 is 0 Å². The van der Waals surface area contributed by atoms with E-state index in [1.165, 1.54) is 5.56 Å². The first-order valence-corrected chi connectivity index (χ1v) is 11.7. The number of carbonyl (C=O) groups is 1. The Morgan fingerprint density at radius 2 is 1.88 bits per heavy atom. The van der Waals surface area contributed by atoms with Crippen molar-refractivity contribution in [3.63, 3.8) is 0 Å². The van der Waals surface area contributed by atoms with Gasteiger partial charge in [0.05, 0.1) is 6.10 Å². The summed E-state index contributed by atoms with van der Waals surface area (Å²) in [6, 6.07) is 8.90. The maximum absolute atomic E-state index is 14.2. The largest absolute Gasteiger partial charge is 0.381 e. The molecule has 6 heteroatoms. The average molecular weight is 431 g/mol. The second-order valence-electron chi connectivity index (χ2n) is 10.1. The van der Waals surface area contributed by atoms with Gasteiger partial charge in [-0.3, -0.25) is 14.7 Å². The maximum Gasteiger partial charge on any atom is 0.262 e. The van der Waals surface area contributed by atoms with Crippen LogP contribution in [0.5, 0.6) is 0 Å². The molecule has 32 heavy (non-hydrogen) atoms. The van der Waals surface area contributed by atoms with E-state index in [9.17, 15) is 4.79 Å². The molecular formula is C26H30N4O2. The van der Waals surface area contributed by atoms with Crippen LogP contribution in [-0.4, -0.2) is 41.0 Å². The highest BCUT2D eigenvalue weighted by Gasteiger charge is 2.67. The van der Waals surface area contributed by atoms with E-state index in [-0.39, 0.29) is 23.5 Å². The summed E-state index contributed by atoms with van der Waals surface area (Å²) in [7, 11) is 1.79. The SMILES string of the molecule is COC1CCC2(CC1)Cc1ccc(-c3cncc(C)c3)cc1C21N=C(N)N(C2CC2)C1=O. The molecule has 166 valence electrons. The van der Waals surface area contributed by atoms with Crippen LogP contribution in [0.1, 0.15) is 55.2 Å². The van der Waals surface area contributed by atoms with Gasteiger partial charge in [-0.15, -0.1) is 0 Å². The smallest absolute Gasteiger partial charge is 0.262 e. The van der Waals surface area contributed by atoms with Crippen molar-refractivity contribution in [2.75, 3.05) is 7.11 Å². The lowest BCUT2D eigenvalue weighted by Crippen LogP contribution is -2.52. The number of aliphatic imine (C=N–C) groups is 1. The molecule has 0 saturated heterocycles. The minimum absolute atomic E-state index is 0.0895. The van der Waals surface area contributed by atoms with Crippen LogP contribution in [0, 0.1) is 12.3 Å². The number of amides is 1. The molecule has 0 bridgehead atoms. The van der Waals surface area contributed by atoms with Crippen molar-refractivity contribution in [1.82, 2.24) is 9.88 Å². The number of methoxy groups -OCH3 is 1. The minimum Gasteiger partial charge on any atom is -0.381 e. The molecule has 2 saturated carbocycles. The van der Waals surface area contributed by atoms with E-state index in [1.54, 1.807) is 12.0 Å². The number of aryl methyl sites for hydroxylation is 1. The van der Waals surface area contributed by atoms with Gasteiger partial charge in [0.25, 0.3) is 5.91 Å². The van der Waals surface area contributed by atoms with Gasteiger partial charge in [0.2, 0.25) is 0 Å². The van der Waals surface area contributed by atoms with Crippen molar-refractivity contribution in [2.24, 2.45) is 16.1 Å². The molecule has 1 aliphatic heterocycles. The van der Waals surface area contributed by atoms with Gasteiger partial charge in [-0.25, -0.2) is 4.99 Å². The number of pyridine rings is 1. The summed E-state index contributed by atoms with van der Waals surface area (Å²) in [5.41, 5.74) is 10.8. The zero-order chi connectivity index (χ0) is 22.1. The molecule has 2 heterocycles. The highest BCUT2D eigenvalue weighted by molar-refractivity contribution is 6.09. The molecule has 2 spiro atoms. The Labute approximate surface area is 188 Å². The van der Waals surface area contributed by atoms with E-state index in [1.807, 2.05) is 19.3 Å². The number of ether oxygens (including phenoxy) is 1. The first-order valence-electron chi connectivity index (χ1n) is 11.7. The fourth-order valence-corrected chi connectivity index (χ4v) is 6.41. The number of carbonyl (C=O) groups excluding carboxylic acids is 1. The average Bonchev–Trinajstić information content (AvgIpc) is 3.54. The number of fused-ring (bicyclic) bond motifs is 3. The molecule has 0 radical (unpaired) electrons. The lowest BCUT2D eigenvalue weighted by molar-refractivity contribution is -0.138. The fourth-order valence-electron chi connectivity index (χ4n) is 6.41. The summed E-state index contributed by atoms with van der Waals surface area (Å²) < 4.78 is 5.66. The van der Waals surface area contributed by atoms with Crippen LogP contribution in [0.25, 0.3) is 11.1 Å². The van der Waals surface area contributed by atoms with Gasteiger partial charge in [-0.1, -0.05) is 12.1 Å². The van der Waals surface area contributed by atoms with Gasteiger partial charge in [-0.2, -0.15) is 0 Å². The van der Waals surface area contributed by atoms with Crippen molar-refractivity contribution >= 4 is 11.9 Å². The predicted octanol–water partition coefficient (Wildman–Crippen LogP) is 3.70. The van der Waals surface area contributed by atoms with Crippen molar-refractivity contribution in [1.29, 1.82) is 0 Å². The molecule has 1 amide bonds. The van der Waals surface area contributed by atoms with Crippen LogP contribution in [0.15, 0.2) is 41.7 Å². The summed E-state index contributed by atoms with van der Waals surface area (Å²) in [5.74, 6) is 0.493. The van der Waals surface area contributed by atoms with Gasteiger partial charge in [0, 0.05) is 36.5 Å². The molecular weight excluding hydrogens is 400 g/mol. The number of benzene rings is 1. The lowest BCUT2D eigenvalue weighted by Gasteiger charge is -2.45. The summed E-state index contributed by atoms with van der Waals surface area (Å²) in [4.78, 5) is 25.5. The highest BCUT2D eigenvalue weighted by Crippen LogP contribution is 2.62. The third kappa shape index (κ3) is 2.65. The first-order chi connectivity index (χ1) is 15.5. The van der Waals surface area contributed by atoms with E-state index in [0.717, 1.165) is 67.2 Å². The molecule has 1 atom stereocenters. The molecule has 1 aromatic heterocycles. The zero-order valence-corrected chi connectivity index (χ0v) is 18.8. The molecule has 1 unspecified atom stereocenters. The molecule has 6 rings (SSSR count). The monoisotopic (exact) mass is 430 g/mol. The Hall–Kier alpha value is -2.73. The van der Waals surface area contributed by atoms with Gasteiger partial charge in [-0.05, 0) is 86.3 Å². The number of guanidine groups is 1. The maximum atomic E-state index is 14.2. The first kappa shape index (κ1) is 19.9. The summed E-state index contributed by atoms with van der Waals surface area (Å²) in [6.45, 7) is 2.05. The van der Waals surface area contributed by atoms with Crippen molar-refractivity contribution in [3.05, 3.63) is 53.3 Å². The number of hydrogen-bond donors (Lipinski definition) is 1. The summed E-state index contributed by atoms with van der Waals surface area (Å²) >= 11 is 0. The van der Waals surface area contributed by atoms with Gasteiger partial charge in [0.15, 0.2) is 11.5 Å². The second kappa shape index (κ2) is 6.88. The van der Waals surface area contributed by atoms with Crippen LogP contribution >= 0.6 is 0 Å². The topological polar surface area (TPSA) is 80.8 Å². The molecule has 2 fully saturated rings. The van der Waals surface area contributed by atoms with Crippen molar-refractivity contribution < 1.29 is 9.53 Å². The number of aromatic nitrogens is 1. The third-order valence-electron chi connectivity index (χ3n) is 8.20. The minimum atomic E-state index is -0.916. The number of rotatable bonds is 3. The van der Waals surface area contributed by atoms with E-state index in [4.69, 9.17) is 15.5 Å². The van der Waals surface area contributed by atoms with Gasteiger partial charge < -0.3 is 10.5 Å². The summed E-state index contributed by atoms with van der Waals surface area (Å²) in [6.07, 6.45) is 10.6. The van der Waals surface area contributed by atoms with Crippen LogP contribution in [-0.2, 0) is 21.5 Å². The van der Waals surface area contributed by atoms with Gasteiger partial charge >= 0.3 is 0 Å². The summed E-state index contributed by atoms with van der Waals surface area (Å²) in [5, 5.41) is 0.